The molecule has 78 valence electrons. The van der Waals surface area contributed by atoms with Gasteiger partial charge in [-0.2, -0.15) is 5.10 Å². The summed E-state index contributed by atoms with van der Waals surface area (Å²) in [5, 5.41) is 4.31. The van der Waals surface area contributed by atoms with Gasteiger partial charge in [-0.05, 0) is 25.5 Å². The van der Waals surface area contributed by atoms with Crippen LogP contribution in [0.15, 0.2) is 24.3 Å². The number of hydrogen-bond acceptors (Lipinski definition) is 3. The van der Waals surface area contributed by atoms with Gasteiger partial charge in [-0.15, -0.1) is 0 Å². The highest BCUT2D eigenvalue weighted by Crippen LogP contribution is 2.23. The summed E-state index contributed by atoms with van der Waals surface area (Å²) < 4.78 is 1.68. The van der Waals surface area contributed by atoms with Crippen molar-refractivity contribution >= 4 is 11.5 Å². The number of para-hydroxylation sites is 1. The van der Waals surface area contributed by atoms with Crippen LogP contribution in [0.3, 0.4) is 0 Å². The zero-order chi connectivity index (χ0) is 11.0. The SMILES string of the molecule is Cc1ccccc1-n1nc(C)c(N)c1N. The maximum absolute atomic E-state index is 5.88. The van der Waals surface area contributed by atoms with Crippen LogP contribution in [-0.2, 0) is 0 Å². The van der Waals surface area contributed by atoms with E-state index in [0.29, 0.717) is 11.5 Å². The van der Waals surface area contributed by atoms with E-state index in [1.807, 2.05) is 38.1 Å². The maximum atomic E-state index is 5.88. The molecule has 0 saturated heterocycles. The predicted molar refractivity (Wildman–Crippen MR) is 61.9 cm³/mol. The predicted octanol–water partition coefficient (Wildman–Crippen LogP) is 1.65. The Morgan fingerprint density at radius 3 is 2.33 bits per heavy atom. The van der Waals surface area contributed by atoms with Gasteiger partial charge >= 0.3 is 0 Å². The standard InChI is InChI=1S/C11H14N4/c1-7-5-3-4-6-9(7)15-11(13)10(12)8(2)14-15/h3-6H,12-13H2,1-2H3. The van der Waals surface area contributed by atoms with Gasteiger partial charge in [0.25, 0.3) is 0 Å². The molecule has 1 aromatic carbocycles. The smallest absolute Gasteiger partial charge is 0.150 e. The van der Waals surface area contributed by atoms with Crippen LogP contribution in [0.1, 0.15) is 11.3 Å². The number of nitrogens with zero attached hydrogens (tertiary/aromatic N) is 2. The molecular weight excluding hydrogens is 188 g/mol. The lowest BCUT2D eigenvalue weighted by atomic mass is 10.2. The van der Waals surface area contributed by atoms with Crippen molar-refractivity contribution in [1.29, 1.82) is 0 Å². The molecule has 4 heteroatoms. The summed E-state index contributed by atoms with van der Waals surface area (Å²) in [4.78, 5) is 0. The quantitative estimate of drug-likeness (QED) is 0.738. The van der Waals surface area contributed by atoms with Gasteiger partial charge in [0.05, 0.1) is 17.1 Å². The highest BCUT2D eigenvalue weighted by atomic mass is 15.3. The molecule has 0 bridgehead atoms. The van der Waals surface area contributed by atoms with E-state index in [4.69, 9.17) is 11.5 Å². The molecule has 2 rings (SSSR count). The number of aromatic nitrogens is 2. The molecule has 0 saturated carbocycles. The van der Waals surface area contributed by atoms with Crippen LogP contribution < -0.4 is 11.5 Å². The highest BCUT2D eigenvalue weighted by Gasteiger charge is 2.11. The van der Waals surface area contributed by atoms with E-state index in [9.17, 15) is 0 Å². The number of nitrogens with two attached hydrogens (primary N) is 2. The Balaban J connectivity index is 2.65. The van der Waals surface area contributed by atoms with E-state index < -0.39 is 0 Å². The Bertz CT molecular complexity index is 499. The van der Waals surface area contributed by atoms with Gasteiger partial charge in [0, 0.05) is 0 Å². The zero-order valence-corrected chi connectivity index (χ0v) is 8.86. The third-order valence-electron chi connectivity index (χ3n) is 2.49. The molecule has 0 radical (unpaired) electrons. The Morgan fingerprint density at radius 1 is 1.13 bits per heavy atom. The second-order valence-electron chi connectivity index (χ2n) is 3.58. The third kappa shape index (κ3) is 1.44. The Kier molecular flexibility index (Phi) is 2.11. The first-order chi connectivity index (χ1) is 7.11. The van der Waals surface area contributed by atoms with Crippen molar-refractivity contribution in [3.05, 3.63) is 35.5 Å². The van der Waals surface area contributed by atoms with Gasteiger partial charge in [-0.25, -0.2) is 4.68 Å². The van der Waals surface area contributed by atoms with Crippen molar-refractivity contribution < 1.29 is 0 Å². The molecule has 0 aliphatic heterocycles. The molecular formula is C11H14N4. The third-order valence-corrected chi connectivity index (χ3v) is 2.49. The Labute approximate surface area is 88.5 Å². The summed E-state index contributed by atoms with van der Waals surface area (Å²) in [7, 11) is 0. The Hall–Kier alpha value is -1.97. The van der Waals surface area contributed by atoms with Gasteiger partial charge in [0.15, 0.2) is 5.82 Å². The lowest BCUT2D eigenvalue weighted by Gasteiger charge is -2.06. The number of benzene rings is 1. The van der Waals surface area contributed by atoms with E-state index in [0.717, 1.165) is 16.9 Å². The van der Waals surface area contributed by atoms with Crippen LogP contribution in [0.2, 0.25) is 0 Å². The lowest BCUT2D eigenvalue weighted by molar-refractivity contribution is 0.865. The fourth-order valence-electron chi connectivity index (χ4n) is 1.54. The molecule has 2 aromatic rings. The molecule has 0 aliphatic rings. The van der Waals surface area contributed by atoms with Gasteiger partial charge in [-0.3, -0.25) is 0 Å². The molecule has 1 aromatic heterocycles. The summed E-state index contributed by atoms with van der Waals surface area (Å²) in [5.41, 5.74) is 15.1. The molecule has 0 fully saturated rings. The molecule has 1 heterocycles. The van der Waals surface area contributed by atoms with Crippen molar-refractivity contribution in [3.63, 3.8) is 0 Å². The first-order valence-corrected chi connectivity index (χ1v) is 4.78. The molecule has 0 amide bonds. The number of nitrogen functional groups attached to an aromatic ring is 2. The van der Waals surface area contributed by atoms with Crippen LogP contribution in [0.5, 0.6) is 0 Å². The lowest BCUT2D eigenvalue weighted by Crippen LogP contribution is -2.04. The van der Waals surface area contributed by atoms with Crippen LogP contribution >= 0.6 is 0 Å². The minimum absolute atomic E-state index is 0.502. The normalized spacial score (nSPS) is 10.5. The average Bonchev–Trinajstić information content (AvgIpc) is 2.47. The molecule has 0 unspecified atom stereocenters. The van der Waals surface area contributed by atoms with Crippen molar-refractivity contribution in [2.45, 2.75) is 13.8 Å². The van der Waals surface area contributed by atoms with Crippen molar-refractivity contribution in [2.75, 3.05) is 11.5 Å². The number of hydrogen-bond donors (Lipinski definition) is 2. The summed E-state index contributed by atoms with van der Waals surface area (Å²) in [6, 6.07) is 7.92. The molecule has 4 nitrogen and oxygen atoms in total. The summed E-state index contributed by atoms with van der Waals surface area (Å²) in [6.07, 6.45) is 0. The van der Waals surface area contributed by atoms with Crippen LogP contribution in [0, 0.1) is 13.8 Å². The fourth-order valence-corrected chi connectivity index (χ4v) is 1.54. The molecule has 15 heavy (non-hydrogen) atoms. The van der Waals surface area contributed by atoms with Gasteiger partial charge in [-0.1, -0.05) is 18.2 Å². The topological polar surface area (TPSA) is 69.9 Å². The summed E-state index contributed by atoms with van der Waals surface area (Å²) in [5.74, 6) is 0.502. The average molecular weight is 202 g/mol. The van der Waals surface area contributed by atoms with E-state index in [2.05, 4.69) is 5.10 Å². The number of aryl methyl sites for hydroxylation is 2. The fraction of sp³-hybridized carbons (Fsp3) is 0.182. The highest BCUT2D eigenvalue weighted by molar-refractivity contribution is 5.65. The summed E-state index contributed by atoms with van der Waals surface area (Å²) >= 11 is 0. The monoisotopic (exact) mass is 202 g/mol. The van der Waals surface area contributed by atoms with E-state index in [-0.39, 0.29) is 0 Å². The van der Waals surface area contributed by atoms with E-state index in [1.165, 1.54) is 0 Å². The number of anilines is 2. The minimum Gasteiger partial charge on any atom is -0.394 e. The largest absolute Gasteiger partial charge is 0.394 e. The van der Waals surface area contributed by atoms with Crippen LogP contribution in [-0.4, -0.2) is 9.78 Å². The van der Waals surface area contributed by atoms with E-state index >= 15 is 0 Å². The van der Waals surface area contributed by atoms with Crippen molar-refractivity contribution in [3.8, 4) is 5.69 Å². The van der Waals surface area contributed by atoms with Gasteiger partial charge < -0.3 is 11.5 Å². The molecule has 4 N–H and O–H groups in total. The van der Waals surface area contributed by atoms with Gasteiger partial charge in [0.1, 0.15) is 0 Å². The Morgan fingerprint density at radius 2 is 1.80 bits per heavy atom. The second-order valence-corrected chi connectivity index (χ2v) is 3.58. The molecule has 0 aliphatic carbocycles. The zero-order valence-electron chi connectivity index (χ0n) is 8.86. The van der Waals surface area contributed by atoms with E-state index in [1.54, 1.807) is 4.68 Å². The van der Waals surface area contributed by atoms with Crippen LogP contribution in [0.4, 0.5) is 11.5 Å². The second kappa shape index (κ2) is 3.31. The van der Waals surface area contributed by atoms with Crippen LogP contribution in [0.25, 0.3) is 5.69 Å². The minimum atomic E-state index is 0.502. The number of rotatable bonds is 1. The van der Waals surface area contributed by atoms with Crippen molar-refractivity contribution in [2.24, 2.45) is 0 Å². The maximum Gasteiger partial charge on any atom is 0.150 e. The first kappa shape index (κ1) is 9.58. The molecule has 0 spiro atoms. The first-order valence-electron chi connectivity index (χ1n) is 4.78. The van der Waals surface area contributed by atoms with Crippen molar-refractivity contribution in [1.82, 2.24) is 9.78 Å². The van der Waals surface area contributed by atoms with Gasteiger partial charge in [0.2, 0.25) is 0 Å². The summed E-state index contributed by atoms with van der Waals surface area (Å²) in [6.45, 7) is 3.86. The molecule has 0 atom stereocenters.